The Hall–Kier alpha value is 0.570. The third kappa shape index (κ3) is 4.95. The summed E-state index contributed by atoms with van der Waals surface area (Å²) in [5, 5.41) is 0. The Morgan fingerprint density at radius 1 is 1.20 bits per heavy atom. The third-order valence-corrected chi connectivity index (χ3v) is 6.06. The minimum Gasteiger partial charge on any atom is -0.329 e. The van der Waals surface area contributed by atoms with Crippen molar-refractivity contribution in [2.45, 2.75) is 58.5 Å². The van der Waals surface area contributed by atoms with Crippen LogP contribution in [-0.4, -0.2) is 18.9 Å². The van der Waals surface area contributed by atoms with E-state index in [1.54, 1.807) is 0 Å². The van der Waals surface area contributed by atoms with Crippen LogP contribution in [0.25, 0.3) is 0 Å². The van der Waals surface area contributed by atoms with Gasteiger partial charge in [-0.25, -0.2) is 0 Å². The standard InChI is InChI=1S/C11H23O2PS/c1-3-10-12-14(15,4-2)13-11-8-6-5-7-9-11/h11H,3-10H2,1-2H3. The van der Waals surface area contributed by atoms with Crippen LogP contribution in [0.5, 0.6) is 0 Å². The van der Waals surface area contributed by atoms with Crippen molar-refractivity contribution in [2.75, 3.05) is 12.8 Å². The fourth-order valence-corrected chi connectivity index (χ4v) is 3.93. The Balaban J connectivity index is 2.39. The lowest BCUT2D eigenvalue weighted by Crippen LogP contribution is -2.16. The molecule has 0 saturated heterocycles. The maximum Gasteiger partial charge on any atom is 0.188 e. The zero-order chi connectivity index (χ0) is 11.1. The summed E-state index contributed by atoms with van der Waals surface area (Å²) in [4.78, 5) is 0. The van der Waals surface area contributed by atoms with Crippen LogP contribution in [0.3, 0.4) is 0 Å². The summed E-state index contributed by atoms with van der Waals surface area (Å²) >= 11 is 5.52. The molecule has 1 atom stereocenters. The summed E-state index contributed by atoms with van der Waals surface area (Å²) in [6.45, 7) is 2.99. The van der Waals surface area contributed by atoms with Crippen LogP contribution < -0.4 is 0 Å². The van der Waals surface area contributed by atoms with Crippen LogP contribution in [0, 0.1) is 0 Å². The van der Waals surface area contributed by atoms with Crippen molar-refractivity contribution in [3.63, 3.8) is 0 Å². The molecule has 1 saturated carbocycles. The monoisotopic (exact) mass is 250 g/mol. The Morgan fingerprint density at radius 3 is 2.40 bits per heavy atom. The Kier molecular flexibility index (Phi) is 6.37. The minimum absolute atomic E-state index is 0.376. The van der Waals surface area contributed by atoms with E-state index in [0.29, 0.717) is 6.10 Å². The first-order valence-corrected chi connectivity index (χ1v) is 8.94. The van der Waals surface area contributed by atoms with Crippen LogP contribution in [0.4, 0.5) is 0 Å². The van der Waals surface area contributed by atoms with Gasteiger partial charge in [-0.1, -0.05) is 33.1 Å². The average molecular weight is 250 g/mol. The maximum absolute atomic E-state index is 6.03. The topological polar surface area (TPSA) is 18.5 Å². The van der Waals surface area contributed by atoms with E-state index in [2.05, 4.69) is 13.8 Å². The molecule has 1 rings (SSSR count). The van der Waals surface area contributed by atoms with Crippen LogP contribution in [0.1, 0.15) is 52.4 Å². The van der Waals surface area contributed by atoms with Gasteiger partial charge in [0, 0.05) is 6.16 Å². The fourth-order valence-electron chi connectivity index (χ4n) is 1.82. The zero-order valence-corrected chi connectivity index (χ0v) is 11.6. The van der Waals surface area contributed by atoms with E-state index in [1.807, 2.05) is 0 Å². The highest BCUT2D eigenvalue weighted by molar-refractivity contribution is 8.09. The summed E-state index contributed by atoms with van der Waals surface area (Å²) in [5.74, 6) is 0. The molecule has 1 aliphatic carbocycles. The molecule has 4 heteroatoms. The van der Waals surface area contributed by atoms with Crippen LogP contribution in [0.15, 0.2) is 0 Å². The maximum atomic E-state index is 6.03. The number of hydrogen-bond donors (Lipinski definition) is 0. The van der Waals surface area contributed by atoms with Gasteiger partial charge in [-0.05, 0) is 31.1 Å². The second-order valence-corrected chi connectivity index (χ2v) is 8.12. The first-order chi connectivity index (χ1) is 7.20. The Bertz CT molecular complexity index is 215. The predicted octanol–water partition coefficient (Wildman–Crippen LogP) is 4.09. The highest BCUT2D eigenvalue weighted by Gasteiger charge is 2.23. The van der Waals surface area contributed by atoms with E-state index in [4.69, 9.17) is 20.9 Å². The summed E-state index contributed by atoms with van der Waals surface area (Å²) in [7, 11) is 0. The largest absolute Gasteiger partial charge is 0.329 e. The van der Waals surface area contributed by atoms with Crippen molar-refractivity contribution in [3.05, 3.63) is 0 Å². The summed E-state index contributed by atoms with van der Waals surface area (Å²) in [6.07, 6.45) is 8.54. The van der Waals surface area contributed by atoms with E-state index >= 15 is 0 Å². The van der Waals surface area contributed by atoms with Crippen molar-refractivity contribution < 1.29 is 9.05 Å². The predicted molar refractivity (Wildman–Crippen MR) is 69.0 cm³/mol. The first kappa shape index (κ1) is 13.6. The van der Waals surface area contributed by atoms with Gasteiger partial charge in [-0.15, -0.1) is 0 Å². The van der Waals surface area contributed by atoms with E-state index in [-0.39, 0.29) is 0 Å². The highest BCUT2D eigenvalue weighted by atomic mass is 32.5. The lowest BCUT2D eigenvalue weighted by Gasteiger charge is -2.29. The van der Waals surface area contributed by atoms with Gasteiger partial charge in [0.25, 0.3) is 0 Å². The molecule has 0 aromatic rings. The van der Waals surface area contributed by atoms with E-state index in [1.165, 1.54) is 32.1 Å². The van der Waals surface area contributed by atoms with Crippen LogP contribution >= 0.6 is 6.49 Å². The van der Waals surface area contributed by atoms with Gasteiger partial charge in [0.1, 0.15) is 0 Å². The molecule has 0 heterocycles. The molecule has 0 bridgehead atoms. The lowest BCUT2D eigenvalue weighted by atomic mass is 9.98. The number of hydrogen-bond acceptors (Lipinski definition) is 3. The van der Waals surface area contributed by atoms with Gasteiger partial charge < -0.3 is 9.05 Å². The molecule has 2 nitrogen and oxygen atoms in total. The molecule has 0 aliphatic heterocycles. The van der Waals surface area contributed by atoms with Crippen molar-refractivity contribution in [1.29, 1.82) is 0 Å². The molecule has 1 unspecified atom stereocenters. The molecule has 15 heavy (non-hydrogen) atoms. The lowest BCUT2D eigenvalue weighted by molar-refractivity contribution is 0.140. The van der Waals surface area contributed by atoms with Gasteiger partial charge in [0.05, 0.1) is 12.7 Å². The third-order valence-electron chi connectivity index (χ3n) is 2.74. The normalized spacial score (nSPS) is 22.5. The Morgan fingerprint density at radius 2 is 1.87 bits per heavy atom. The van der Waals surface area contributed by atoms with Gasteiger partial charge in [0.15, 0.2) is 6.49 Å². The van der Waals surface area contributed by atoms with E-state index < -0.39 is 6.49 Å². The molecule has 90 valence electrons. The summed E-state index contributed by atoms with van der Waals surface area (Å²) in [6, 6.07) is 0. The van der Waals surface area contributed by atoms with Crippen molar-refractivity contribution in [1.82, 2.24) is 0 Å². The molecule has 0 aromatic carbocycles. The van der Waals surface area contributed by atoms with Crippen LogP contribution in [-0.2, 0) is 20.9 Å². The van der Waals surface area contributed by atoms with Crippen LogP contribution in [0.2, 0.25) is 0 Å². The van der Waals surface area contributed by atoms with Crippen molar-refractivity contribution in [2.24, 2.45) is 0 Å². The molecule has 0 radical (unpaired) electrons. The van der Waals surface area contributed by atoms with Crippen molar-refractivity contribution >= 4 is 18.3 Å². The second kappa shape index (κ2) is 7.01. The molecule has 0 amide bonds. The molecular weight excluding hydrogens is 227 g/mol. The molecule has 0 N–H and O–H groups in total. The quantitative estimate of drug-likeness (QED) is 0.661. The summed E-state index contributed by atoms with van der Waals surface area (Å²) < 4.78 is 11.8. The SMILES string of the molecule is CCCOP(=S)(CC)OC1CCCCC1. The average Bonchev–Trinajstić information content (AvgIpc) is 2.28. The molecule has 1 aliphatic rings. The molecule has 0 aromatic heterocycles. The van der Waals surface area contributed by atoms with E-state index in [0.717, 1.165) is 19.2 Å². The fraction of sp³-hybridized carbons (Fsp3) is 1.00. The molecule has 1 fully saturated rings. The van der Waals surface area contributed by atoms with E-state index in [9.17, 15) is 0 Å². The first-order valence-electron chi connectivity index (χ1n) is 6.12. The zero-order valence-electron chi connectivity index (χ0n) is 9.91. The number of rotatable bonds is 6. The Labute approximate surface area is 98.9 Å². The van der Waals surface area contributed by atoms with Gasteiger partial charge >= 0.3 is 0 Å². The van der Waals surface area contributed by atoms with Crippen molar-refractivity contribution in [3.8, 4) is 0 Å². The highest BCUT2D eigenvalue weighted by Crippen LogP contribution is 2.50. The molecular formula is C11H23O2PS. The smallest absolute Gasteiger partial charge is 0.188 e. The van der Waals surface area contributed by atoms with Gasteiger partial charge in [-0.2, -0.15) is 0 Å². The second-order valence-electron chi connectivity index (χ2n) is 4.13. The van der Waals surface area contributed by atoms with Gasteiger partial charge in [0.2, 0.25) is 0 Å². The van der Waals surface area contributed by atoms with Gasteiger partial charge in [-0.3, -0.25) is 0 Å². The minimum atomic E-state index is -1.95. The molecule has 0 spiro atoms. The summed E-state index contributed by atoms with van der Waals surface area (Å²) in [5.41, 5.74) is 0.